The Morgan fingerprint density at radius 2 is 1.85 bits per heavy atom. The zero-order chi connectivity index (χ0) is 18.8. The molecule has 138 valence electrons. The number of rotatable bonds is 9. The van der Waals surface area contributed by atoms with Gasteiger partial charge in [0.15, 0.2) is 0 Å². The second-order valence-corrected chi connectivity index (χ2v) is 5.95. The highest BCUT2D eigenvalue weighted by molar-refractivity contribution is 5.89. The quantitative estimate of drug-likeness (QED) is 0.676. The molecule has 0 spiro atoms. The van der Waals surface area contributed by atoms with Crippen molar-refractivity contribution >= 4 is 12.0 Å². The van der Waals surface area contributed by atoms with Crippen molar-refractivity contribution in [1.29, 1.82) is 0 Å². The van der Waals surface area contributed by atoms with E-state index in [2.05, 4.69) is 4.74 Å². The Balaban J connectivity index is 1.72. The number of aliphatic hydroxyl groups is 1. The van der Waals surface area contributed by atoms with Gasteiger partial charge in [-0.05, 0) is 42.7 Å². The molecule has 5 heteroatoms. The highest BCUT2D eigenvalue weighted by Crippen LogP contribution is 2.11. The summed E-state index contributed by atoms with van der Waals surface area (Å²) in [6.45, 7) is 0.171. The summed E-state index contributed by atoms with van der Waals surface area (Å²) < 4.78 is 10.2. The fourth-order valence-electron chi connectivity index (χ4n) is 2.37. The molecule has 0 aliphatic heterocycles. The molecular formula is C21H25NO4. The molecule has 0 saturated carbocycles. The van der Waals surface area contributed by atoms with Crippen molar-refractivity contribution in [3.63, 3.8) is 0 Å². The first-order valence-electron chi connectivity index (χ1n) is 8.56. The summed E-state index contributed by atoms with van der Waals surface area (Å²) in [7, 11) is 1.36. The van der Waals surface area contributed by atoms with Crippen LogP contribution in [0.2, 0.25) is 0 Å². The van der Waals surface area contributed by atoms with Crippen LogP contribution in [0.1, 0.15) is 28.8 Å². The van der Waals surface area contributed by atoms with Crippen LogP contribution in [-0.2, 0) is 4.74 Å². The number of carbonyl (C=O) groups excluding carboxylic acids is 1. The zero-order valence-electron chi connectivity index (χ0n) is 14.9. The molecule has 0 aliphatic carbocycles. The number of aliphatic hydroxyl groups excluding tert-OH is 1. The van der Waals surface area contributed by atoms with Crippen LogP contribution in [-0.4, -0.2) is 36.9 Å². The van der Waals surface area contributed by atoms with Gasteiger partial charge in [0.05, 0.1) is 12.7 Å². The number of benzene rings is 2. The standard InChI is InChI=1S/C21H25NO4/c1-25-21(24)17-13-11-16(12-14-17)7-5-6-10-19(22)20(23)15-26-18-8-3-2-4-9-18/h2-5,7-9,11-14,19-20,23H,6,10,15,22H2,1H3/b7-5+/t19-,20-/m1/s1. The van der Waals surface area contributed by atoms with E-state index in [1.807, 2.05) is 54.6 Å². The number of methoxy groups -OCH3 is 1. The number of carbonyl (C=O) groups is 1. The molecule has 0 unspecified atom stereocenters. The predicted octanol–water partition coefficient (Wildman–Crippen LogP) is 3.03. The number of esters is 1. The molecule has 0 saturated heterocycles. The van der Waals surface area contributed by atoms with E-state index >= 15 is 0 Å². The van der Waals surface area contributed by atoms with Gasteiger partial charge in [0.25, 0.3) is 0 Å². The fourth-order valence-corrected chi connectivity index (χ4v) is 2.37. The Morgan fingerprint density at radius 1 is 1.15 bits per heavy atom. The van der Waals surface area contributed by atoms with E-state index in [9.17, 15) is 9.90 Å². The van der Waals surface area contributed by atoms with E-state index in [1.54, 1.807) is 12.1 Å². The van der Waals surface area contributed by atoms with E-state index in [-0.39, 0.29) is 18.6 Å². The third-order valence-electron chi connectivity index (χ3n) is 3.97. The Morgan fingerprint density at radius 3 is 2.50 bits per heavy atom. The zero-order valence-corrected chi connectivity index (χ0v) is 14.9. The van der Waals surface area contributed by atoms with Gasteiger partial charge in [-0.15, -0.1) is 0 Å². The summed E-state index contributed by atoms with van der Waals surface area (Å²) in [6, 6.07) is 16.1. The number of ether oxygens (including phenoxy) is 2. The minimum atomic E-state index is -0.719. The van der Waals surface area contributed by atoms with Crippen molar-refractivity contribution in [3.05, 3.63) is 71.8 Å². The second-order valence-electron chi connectivity index (χ2n) is 5.95. The highest BCUT2D eigenvalue weighted by atomic mass is 16.5. The summed E-state index contributed by atoms with van der Waals surface area (Å²) in [4.78, 5) is 11.4. The molecule has 2 aromatic carbocycles. The van der Waals surface area contributed by atoms with Gasteiger partial charge in [0, 0.05) is 6.04 Å². The molecule has 0 amide bonds. The molecule has 0 aromatic heterocycles. The summed E-state index contributed by atoms with van der Waals surface area (Å²) >= 11 is 0. The largest absolute Gasteiger partial charge is 0.491 e. The molecule has 5 nitrogen and oxygen atoms in total. The van der Waals surface area contributed by atoms with Gasteiger partial charge in [-0.1, -0.05) is 42.5 Å². The van der Waals surface area contributed by atoms with Gasteiger partial charge in [-0.25, -0.2) is 4.79 Å². The van der Waals surface area contributed by atoms with Crippen molar-refractivity contribution in [2.75, 3.05) is 13.7 Å². The van der Waals surface area contributed by atoms with Crippen LogP contribution in [0.25, 0.3) is 6.08 Å². The van der Waals surface area contributed by atoms with Crippen molar-refractivity contribution in [2.24, 2.45) is 5.73 Å². The topological polar surface area (TPSA) is 81.8 Å². The fraction of sp³-hybridized carbons (Fsp3) is 0.286. The van der Waals surface area contributed by atoms with Crippen molar-refractivity contribution in [1.82, 2.24) is 0 Å². The molecule has 26 heavy (non-hydrogen) atoms. The number of para-hydroxylation sites is 1. The van der Waals surface area contributed by atoms with Crippen LogP contribution in [0.5, 0.6) is 5.75 Å². The maximum absolute atomic E-state index is 11.4. The molecule has 3 N–H and O–H groups in total. The molecule has 0 fully saturated rings. The normalized spacial score (nSPS) is 13.3. The van der Waals surface area contributed by atoms with E-state index in [0.29, 0.717) is 17.7 Å². The average molecular weight is 355 g/mol. The lowest BCUT2D eigenvalue weighted by molar-refractivity contribution is 0.0600. The number of nitrogens with two attached hydrogens (primary N) is 1. The monoisotopic (exact) mass is 355 g/mol. The highest BCUT2D eigenvalue weighted by Gasteiger charge is 2.14. The smallest absolute Gasteiger partial charge is 0.337 e. The summed E-state index contributed by atoms with van der Waals surface area (Å²) in [5, 5.41) is 10.1. The first kappa shape index (κ1) is 19.7. The number of hydrogen-bond acceptors (Lipinski definition) is 5. The molecule has 0 radical (unpaired) electrons. The first-order valence-corrected chi connectivity index (χ1v) is 8.56. The molecule has 2 atom stereocenters. The minimum absolute atomic E-state index is 0.171. The van der Waals surface area contributed by atoms with Gasteiger partial charge >= 0.3 is 5.97 Å². The van der Waals surface area contributed by atoms with Crippen LogP contribution >= 0.6 is 0 Å². The lowest BCUT2D eigenvalue weighted by Gasteiger charge is -2.18. The van der Waals surface area contributed by atoms with E-state index < -0.39 is 6.10 Å². The Bertz CT molecular complexity index is 698. The van der Waals surface area contributed by atoms with Crippen LogP contribution in [0.4, 0.5) is 0 Å². The van der Waals surface area contributed by atoms with Gasteiger partial charge in [0.1, 0.15) is 18.5 Å². The Kier molecular flexibility index (Phi) is 7.86. The molecule has 2 aromatic rings. The third kappa shape index (κ3) is 6.35. The van der Waals surface area contributed by atoms with E-state index in [0.717, 1.165) is 12.0 Å². The van der Waals surface area contributed by atoms with Crippen LogP contribution in [0.3, 0.4) is 0 Å². The Hall–Kier alpha value is -2.63. The van der Waals surface area contributed by atoms with Crippen LogP contribution < -0.4 is 10.5 Å². The maximum Gasteiger partial charge on any atom is 0.337 e. The van der Waals surface area contributed by atoms with Crippen molar-refractivity contribution in [3.8, 4) is 5.75 Å². The van der Waals surface area contributed by atoms with Gasteiger partial charge in [0.2, 0.25) is 0 Å². The molecule has 0 heterocycles. The molecule has 0 aliphatic rings. The summed E-state index contributed by atoms with van der Waals surface area (Å²) in [5.41, 5.74) is 7.52. The summed E-state index contributed by atoms with van der Waals surface area (Å²) in [6.07, 6.45) is 4.62. The van der Waals surface area contributed by atoms with E-state index in [4.69, 9.17) is 10.5 Å². The Labute approximate surface area is 154 Å². The van der Waals surface area contributed by atoms with Gasteiger partial charge in [-0.2, -0.15) is 0 Å². The molecule has 2 rings (SSSR count). The lowest BCUT2D eigenvalue weighted by atomic mass is 10.1. The SMILES string of the molecule is COC(=O)c1ccc(/C=C/CC[C@@H](N)[C@H](O)COc2ccccc2)cc1. The number of allylic oxidation sites excluding steroid dienone is 1. The van der Waals surface area contributed by atoms with E-state index in [1.165, 1.54) is 7.11 Å². The first-order chi connectivity index (χ1) is 12.6. The average Bonchev–Trinajstić information content (AvgIpc) is 2.69. The minimum Gasteiger partial charge on any atom is -0.491 e. The predicted molar refractivity (Wildman–Crippen MR) is 102 cm³/mol. The second kappa shape index (κ2) is 10.4. The van der Waals surface area contributed by atoms with Crippen molar-refractivity contribution < 1.29 is 19.4 Å². The summed E-state index contributed by atoms with van der Waals surface area (Å²) in [5.74, 6) is 0.368. The molecular weight excluding hydrogens is 330 g/mol. The molecule has 0 bridgehead atoms. The third-order valence-corrected chi connectivity index (χ3v) is 3.97. The van der Waals surface area contributed by atoms with Crippen LogP contribution in [0, 0.1) is 0 Å². The lowest BCUT2D eigenvalue weighted by Crippen LogP contribution is -2.38. The maximum atomic E-state index is 11.4. The number of hydrogen-bond donors (Lipinski definition) is 2. The van der Waals surface area contributed by atoms with Crippen LogP contribution in [0.15, 0.2) is 60.7 Å². The van der Waals surface area contributed by atoms with Gasteiger partial charge in [-0.3, -0.25) is 0 Å². The van der Waals surface area contributed by atoms with Crippen molar-refractivity contribution in [2.45, 2.75) is 25.0 Å². The van der Waals surface area contributed by atoms with Gasteiger partial charge < -0.3 is 20.3 Å².